The van der Waals surface area contributed by atoms with Crippen molar-refractivity contribution in [3.05, 3.63) is 64.2 Å². The summed E-state index contributed by atoms with van der Waals surface area (Å²) in [5.41, 5.74) is 3.90. The van der Waals surface area contributed by atoms with Gasteiger partial charge in [-0.15, -0.1) is 0 Å². The number of anilines is 1. The zero-order valence-corrected chi connectivity index (χ0v) is 16.5. The van der Waals surface area contributed by atoms with Gasteiger partial charge in [-0.3, -0.25) is 9.59 Å². The van der Waals surface area contributed by atoms with Crippen molar-refractivity contribution in [1.82, 2.24) is 5.32 Å². The highest BCUT2D eigenvalue weighted by Gasteiger charge is 2.29. The molecule has 0 spiro atoms. The molecule has 2 aromatic rings. The highest BCUT2D eigenvalue weighted by Crippen LogP contribution is 2.30. The lowest BCUT2D eigenvalue weighted by Gasteiger charge is -2.15. The summed E-state index contributed by atoms with van der Waals surface area (Å²) >= 11 is 6.13. The van der Waals surface area contributed by atoms with Crippen LogP contribution in [0, 0.1) is 12.8 Å². The van der Waals surface area contributed by atoms with Crippen LogP contribution in [0.15, 0.2) is 42.5 Å². The number of hydrogen-bond acceptors (Lipinski definition) is 2. The third kappa shape index (κ3) is 5.57. The fraction of sp³-hybridized carbons (Fsp3) is 0.364. The molecule has 0 saturated heterocycles. The van der Waals surface area contributed by atoms with Gasteiger partial charge in [0.2, 0.25) is 11.8 Å². The van der Waals surface area contributed by atoms with Crippen LogP contribution >= 0.6 is 11.6 Å². The molecule has 2 N–H and O–H groups in total. The average Bonchev–Trinajstić information content (AvgIpc) is 3.48. The van der Waals surface area contributed by atoms with Crippen molar-refractivity contribution in [2.75, 3.05) is 5.32 Å². The topological polar surface area (TPSA) is 58.2 Å². The Morgan fingerprint density at radius 3 is 2.48 bits per heavy atom. The minimum atomic E-state index is -0.0905. The lowest BCUT2D eigenvalue weighted by atomic mass is 10.1. The second kappa shape index (κ2) is 8.57. The predicted octanol–water partition coefficient (Wildman–Crippen LogP) is 4.81. The number of halogens is 1. The monoisotopic (exact) mass is 384 g/mol. The van der Waals surface area contributed by atoms with Gasteiger partial charge in [0.1, 0.15) is 0 Å². The first-order valence-electron chi connectivity index (χ1n) is 9.37. The van der Waals surface area contributed by atoms with Crippen molar-refractivity contribution in [2.45, 2.75) is 45.6 Å². The molecule has 1 aliphatic carbocycles. The fourth-order valence-electron chi connectivity index (χ4n) is 2.89. The summed E-state index contributed by atoms with van der Waals surface area (Å²) in [5.74, 6) is 0.289. The number of aryl methyl sites for hydroxylation is 2. The molecule has 0 aliphatic heterocycles. The quantitative estimate of drug-likeness (QED) is 0.719. The Morgan fingerprint density at radius 2 is 1.85 bits per heavy atom. The van der Waals surface area contributed by atoms with Crippen LogP contribution in [0.1, 0.15) is 48.9 Å². The van der Waals surface area contributed by atoms with Crippen molar-refractivity contribution in [1.29, 1.82) is 0 Å². The fourth-order valence-corrected chi connectivity index (χ4v) is 3.09. The standard InChI is InChI=1S/C22H25ClN2O2/c1-14-3-4-16(13-20(14)23)5-12-21(26)24-15(2)17-8-10-19(11-9-17)25-22(27)18-6-7-18/h3-4,8-11,13,15,18H,5-7,12H2,1-2H3,(H,24,26)(H,25,27). The molecule has 1 aliphatic rings. The lowest BCUT2D eigenvalue weighted by Crippen LogP contribution is -2.26. The molecule has 27 heavy (non-hydrogen) atoms. The van der Waals surface area contributed by atoms with Gasteiger partial charge in [-0.25, -0.2) is 0 Å². The maximum Gasteiger partial charge on any atom is 0.227 e. The molecule has 4 nitrogen and oxygen atoms in total. The summed E-state index contributed by atoms with van der Waals surface area (Å²) in [6, 6.07) is 13.4. The maximum absolute atomic E-state index is 12.2. The normalized spacial score (nSPS) is 14.5. The lowest BCUT2D eigenvalue weighted by molar-refractivity contribution is -0.121. The number of carbonyl (C=O) groups excluding carboxylic acids is 2. The molecule has 5 heteroatoms. The van der Waals surface area contributed by atoms with Gasteiger partial charge in [0.25, 0.3) is 0 Å². The average molecular weight is 385 g/mol. The van der Waals surface area contributed by atoms with Crippen molar-refractivity contribution >= 4 is 29.1 Å². The van der Waals surface area contributed by atoms with E-state index in [1.54, 1.807) is 0 Å². The molecule has 142 valence electrons. The van der Waals surface area contributed by atoms with E-state index in [0.717, 1.165) is 40.2 Å². The van der Waals surface area contributed by atoms with Crippen LogP contribution in [0.25, 0.3) is 0 Å². The third-order valence-electron chi connectivity index (χ3n) is 4.88. The van der Waals surface area contributed by atoms with Crippen LogP contribution in [0.3, 0.4) is 0 Å². The van der Waals surface area contributed by atoms with E-state index in [1.165, 1.54) is 0 Å². The Balaban J connectivity index is 1.48. The van der Waals surface area contributed by atoms with Crippen molar-refractivity contribution in [3.63, 3.8) is 0 Å². The Kier molecular flexibility index (Phi) is 6.17. The maximum atomic E-state index is 12.2. The SMILES string of the molecule is Cc1ccc(CCC(=O)NC(C)c2ccc(NC(=O)C3CC3)cc2)cc1Cl. The predicted molar refractivity (Wildman–Crippen MR) is 109 cm³/mol. The van der Waals surface area contributed by atoms with Gasteiger partial charge in [0.15, 0.2) is 0 Å². The summed E-state index contributed by atoms with van der Waals surface area (Å²) in [4.78, 5) is 24.0. The second-order valence-electron chi connectivity index (χ2n) is 7.26. The van der Waals surface area contributed by atoms with E-state index in [0.29, 0.717) is 12.8 Å². The zero-order valence-electron chi connectivity index (χ0n) is 15.7. The summed E-state index contributed by atoms with van der Waals surface area (Å²) in [6.07, 6.45) is 3.05. The van der Waals surface area contributed by atoms with Crippen LogP contribution in [0.4, 0.5) is 5.69 Å². The molecule has 1 atom stereocenters. The molecule has 3 rings (SSSR count). The Labute approximate surface area is 165 Å². The van der Waals surface area contributed by atoms with Gasteiger partial charge >= 0.3 is 0 Å². The van der Waals surface area contributed by atoms with E-state index in [9.17, 15) is 9.59 Å². The summed E-state index contributed by atoms with van der Waals surface area (Å²) in [5, 5.41) is 6.67. The van der Waals surface area contributed by atoms with Gasteiger partial charge in [0.05, 0.1) is 6.04 Å². The molecular weight excluding hydrogens is 360 g/mol. The van der Waals surface area contributed by atoms with Crippen molar-refractivity contribution in [2.24, 2.45) is 5.92 Å². The highest BCUT2D eigenvalue weighted by atomic mass is 35.5. The van der Waals surface area contributed by atoms with Gasteiger partial charge in [-0.1, -0.05) is 35.9 Å². The van der Waals surface area contributed by atoms with E-state index in [-0.39, 0.29) is 23.8 Å². The van der Waals surface area contributed by atoms with E-state index in [4.69, 9.17) is 11.6 Å². The molecule has 2 aromatic carbocycles. The van der Waals surface area contributed by atoms with Gasteiger partial charge in [-0.2, -0.15) is 0 Å². The van der Waals surface area contributed by atoms with E-state index < -0.39 is 0 Å². The summed E-state index contributed by atoms with van der Waals surface area (Å²) in [7, 11) is 0. The third-order valence-corrected chi connectivity index (χ3v) is 5.29. The Morgan fingerprint density at radius 1 is 1.15 bits per heavy atom. The number of benzene rings is 2. The van der Waals surface area contributed by atoms with Gasteiger partial charge < -0.3 is 10.6 Å². The van der Waals surface area contributed by atoms with Crippen LogP contribution in [-0.2, 0) is 16.0 Å². The molecule has 1 saturated carbocycles. The highest BCUT2D eigenvalue weighted by molar-refractivity contribution is 6.31. The molecule has 2 amide bonds. The van der Waals surface area contributed by atoms with Gasteiger partial charge in [-0.05, 0) is 68.0 Å². The van der Waals surface area contributed by atoms with Crippen LogP contribution in [0.2, 0.25) is 5.02 Å². The second-order valence-corrected chi connectivity index (χ2v) is 7.67. The Bertz CT molecular complexity index is 829. The van der Waals surface area contributed by atoms with E-state index in [1.807, 2.05) is 56.3 Å². The summed E-state index contributed by atoms with van der Waals surface area (Å²) in [6.45, 7) is 3.92. The molecule has 1 unspecified atom stereocenters. The van der Waals surface area contributed by atoms with Crippen molar-refractivity contribution in [3.8, 4) is 0 Å². The smallest absolute Gasteiger partial charge is 0.227 e. The zero-order chi connectivity index (χ0) is 19.4. The summed E-state index contributed by atoms with van der Waals surface area (Å²) < 4.78 is 0. The van der Waals surface area contributed by atoms with E-state index >= 15 is 0 Å². The minimum absolute atomic E-state index is 0.00492. The van der Waals surface area contributed by atoms with Crippen LogP contribution in [0.5, 0.6) is 0 Å². The molecule has 0 radical (unpaired) electrons. The Hall–Kier alpha value is -2.33. The molecule has 0 heterocycles. The van der Waals surface area contributed by atoms with Gasteiger partial charge in [0, 0.05) is 23.0 Å². The largest absolute Gasteiger partial charge is 0.350 e. The van der Waals surface area contributed by atoms with Crippen LogP contribution < -0.4 is 10.6 Å². The van der Waals surface area contributed by atoms with Crippen LogP contribution in [-0.4, -0.2) is 11.8 Å². The number of amides is 2. The number of carbonyl (C=O) groups is 2. The molecule has 1 fully saturated rings. The minimum Gasteiger partial charge on any atom is -0.350 e. The first-order valence-corrected chi connectivity index (χ1v) is 9.75. The molecular formula is C22H25ClN2O2. The first-order chi connectivity index (χ1) is 12.9. The first kappa shape index (κ1) is 19.4. The number of hydrogen-bond donors (Lipinski definition) is 2. The molecule has 0 aromatic heterocycles. The van der Waals surface area contributed by atoms with E-state index in [2.05, 4.69) is 10.6 Å². The molecule has 0 bridgehead atoms. The number of nitrogens with one attached hydrogen (secondary N) is 2. The number of rotatable bonds is 7. The van der Waals surface area contributed by atoms with Crippen molar-refractivity contribution < 1.29 is 9.59 Å².